The normalized spacial score (nSPS) is 23.6. The van der Waals surface area contributed by atoms with Crippen LogP contribution >= 0.6 is 0 Å². The number of piperazine rings is 2. The Morgan fingerprint density at radius 3 is 2.47 bits per heavy atom. The van der Waals surface area contributed by atoms with Crippen molar-refractivity contribution < 1.29 is 14.6 Å². The minimum Gasteiger partial charge on any atom is -0.508 e. The van der Waals surface area contributed by atoms with E-state index in [1.165, 1.54) is 6.42 Å². The molecule has 5 heterocycles. The Kier molecular flexibility index (Phi) is 9.03. The summed E-state index contributed by atoms with van der Waals surface area (Å²) in [6.45, 7) is 8.56. The largest absolute Gasteiger partial charge is 0.508 e. The second-order valence-corrected chi connectivity index (χ2v) is 14.7. The Bertz CT molecular complexity index is 1810. The van der Waals surface area contributed by atoms with E-state index < -0.39 is 0 Å². The van der Waals surface area contributed by atoms with Crippen LogP contribution in [0, 0.1) is 0 Å². The lowest BCUT2D eigenvalue weighted by Gasteiger charge is -2.42. The number of carbonyl (C=O) groups is 1. The fraction of sp³-hybridized carbons (Fsp3) is 0.513. The fourth-order valence-electron chi connectivity index (χ4n) is 8.60. The molecule has 4 saturated heterocycles. The smallest absolute Gasteiger partial charge is 0.319 e. The minimum atomic E-state index is 0.189. The maximum Gasteiger partial charge on any atom is 0.319 e. The Morgan fingerprint density at radius 2 is 1.69 bits per heavy atom. The van der Waals surface area contributed by atoms with E-state index in [0.717, 1.165) is 117 Å². The molecule has 3 atom stereocenters. The SMILES string of the molecule is CN1CCN(CCCC(=O)N2C3CCC2CN(c2nc(OC[C@@H]4CCCN4C)nc4cc(-c5cc(O)cc6ccccc56)ccc24)C3)CC1. The van der Waals surface area contributed by atoms with Crippen LogP contribution in [0.1, 0.15) is 38.5 Å². The summed E-state index contributed by atoms with van der Waals surface area (Å²) in [4.78, 5) is 35.5. The zero-order valence-electron chi connectivity index (χ0n) is 28.9. The number of anilines is 1. The maximum atomic E-state index is 13.6. The molecular weight excluding hydrogens is 614 g/mol. The molecule has 0 aliphatic carbocycles. The van der Waals surface area contributed by atoms with Gasteiger partial charge in [0, 0.05) is 69.2 Å². The van der Waals surface area contributed by atoms with Crippen LogP contribution < -0.4 is 9.64 Å². The van der Waals surface area contributed by atoms with Gasteiger partial charge in [0.2, 0.25) is 5.91 Å². The van der Waals surface area contributed by atoms with Crippen LogP contribution in [-0.2, 0) is 4.79 Å². The standard InChI is InChI=1S/C39H49N7O3/c1-42-17-19-44(20-18-42)16-6-10-37(48)46-29-12-13-30(46)25-45(24-29)38-34-14-11-28(35-23-32(47)21-27-7-3-4-9-33(27)35)22-36(34)40-39(41-38)49-26-31-8-5-15-43(31)2/h3-4,7,9,11,14,21-23,29-31,47H,5-6,8,10,12-13,15-20,24-26H2,1-2H3/t29?,30?,31-/m0/s1. The molecule has 1 N–H and O–H groups in total. The number of aromatic nitrogens is 2. The number of phenolic OH excluding ortho intramolecular Hbond substituents is 1. The van der Waals surface area contributed by atoms with Crippen molar-refractivity contribution in [3.05, 3.63) is 54.6 Å². The molecule has 1 amide bonds. The van der Waals surface area contributed by atoms with Gasteiger partial charge in [0.15, 0.2) is 0 Å². The number of nitrogens with zero attached hydrogens (tertiary/aromatic N) is 7. The summed E-state index contributed by atoms with van der Waals surface area (Å²) in [5.41, 5.74) is 2.77. The molecule has 258 valence electrons. The van der Waals surface area contributed by atoms with Crippen molar-refractivity contribution in [3.63, 3.8) is 0 Å². The molecule has 4 aliphatic rings. The van der Waals surface area contributed by atoms with E-state index in [2.05, 4.69) is 62.9 Å². The molecule has 49 heavy (non-hydrogen) atoms. The highest BCUT2D eigenvalue weighted by molar-refractivity contribution is 6.01. The summed E-state index contributed by atoms with van der Waals surface area (Å²) in [7, 11) is 4.34. The second kappa shape index (κ2) is 13.7. The lowest BCUT2D eigenvalue weighted by atomic mass is 9.97. The maximum absolute atomic E-state index is 13.6. The van der Waals surface area contributed by atoms with Crippen LogP contribution in [0.4, 0.5) is 5.82 Å². The molecule has 2 bridgehead atoms. The van der Waals surface area contributed by atoms with E-state index in [-0.39, 0.29) is 17.8 Å². The number of carbonyl (C=O) groups excluding carboxylic acids is 1. The van der Waals surface area contributed by atoms with Gasteiger partial charge in [-0.1, -0.05) is 30.3 Å². The third-order valence-electron chi connectivity index (χ3n) is 11.4. The molecule has 4 aliphatic heterocycles. The summed E-state index contributed by atoms with van der Waals surface area (Å²) in [5.74, 6) is 1.43. The van der Waals surface area contributed by atoms with Gasteiger partial charge in [0.25, 0.3) is 0 Å². The van der Waals surface area contributed by atoms with E-state index in [1.807, 2.05) is 24.3 Å². The van der Waals surface area contributed by atoms with E-state index >= 15 is 0 Å². The Morgan fingerprint density at radius 1 is 0.898 bits per heavy atom. The third-order valence-corrected chi connectivity index (χ3v) is 11.4. The van der Waals surface area contributed by atoms with Crippen LogP contribution in [0.5, 0.6) is 11.8 Å². The van der Waals surface area contributed by atoms with Gasteiger partial charge < -0.3 is 34.3 Å². The molecule has 2 unspecified atom stereocenters. The van der Waals surface area contributed by atoms with E-state index in [9.17, 15) is 9.90 Å². The number of benzene rings is 3. The van der Waals surface area contributed by atoms with E-state index in [1.54, 1.807) is 6.07 Å². The van der Waals surface area contributed by atoms with Crippen molar-refractivity contribution in [2.75, 3.05) is 78.0 Å². The van der Waals surface area contributed by atoms with Crippen LogP contribution in [-0.4, -0.2) is 132 Å². The first-order chi connectivity index (χ1) is 23.9. The predicted molar refractivity (Wildman–Crippen MR) is 194 cm³/mol. The van der Waals surface area contributed by atoms with Gasteiger partial charge in [-0.15, -0.1) is 0 Å². The summed E-state index contributed by atoms with van der Waals surface area (Å²) in [6, 6.07) is 19.2. The molecule has 4 aromatic rings. The average Bonchev–Trinajstić information content (AvgIpc) is 3.65. The van der Waals surface area contributed by atoms with Crippen LogP contribution in [0.2, 0.25) is 0 Å². The molecule has 10 nitrogen and oxygen atoms in total. The Hall–Kier alpha value is -3.99. The van der Waals surface area contributed by atoms with Gasteiger partial charge in [-0.3, -0.25) is 4.79 Å². The molecule has 0 spiro atoms. The Balaban J connectivity index is 1.05. The summed E-state index contributed by atoms with van der Waals surface area (Å²) in [5, 5.41) is 13.6. The average molecular weight is 664 g/mol. The van der Waals surface area contributed by atoms with Gasteiger partial charge in [0.1, 0.15) is 18.2 Å². The van der Waals surface area contributed by atoms with Crippen molar-refractivity contribution in [1.29, 1.82) is 0 Å². The quantitative estimate of drug-likeness (QED) is 0.271. The van der Waals surface area contributed by atoms with Gasteiger partial charge in [-0.05, 0) is 105 Å². The highest BCUT2D eigenvalue weighted by Gasteiger charge is 2.43. The van der Waals surface area contributed by atoms with E-state index in [0.29, 0.717) is 31.0 Å². The van der Waals surface area contributed by atoms with Gasteiger partial charge in [-0.25, -0.2) is 0 Å². The van der Waals surface area contributed by atoms with E-state index in [4.69, 9.17) is 14.7 Å². The van der Waals surface area contributed by atoms with Gasteiger partial charge in [0.05, 0.1) is 5.52 Å². The third kappa shape index (κ3) is 6.66. The molecule has 0 radical (unpaired) electrons. The molecule has 0 saturated carbocycles. The first kappa shape index (κ1) is 32.2. The van der Waals surface area contributed by atoms with Crippen molar-refractivity contribution in [2.45, 2.75) is 56.7 Å². The molecule has 8 rings (SSSR count). The zero-order valence-corrected chi connectivity index (χ0v) is 28.9. The lowest BCUT2D eigenvalue weighted by Crippen LogP contribution is -2.56. The summed E-state index contributed by atoms with van der Waals surface area (Å²) in [6.07, 6.45) is 5.89. The molecule has 4 fully saturated rings. The van der Waals surface area contributed by atoms with Crippen LogP contribution in [0.3, 0.4) is 0 Å². The summed E-state index contributed by atoms with van der Waals surface area (Å²) >= 11 is 0. The number of hydrogen-bond acceptors (Lipinski definition) is 9. The number of ether oxygens (including phenoxy) is 1. The summed E-state index contributed by atoms with van der Waals surface area (Å²) < 4.78 is 6.36. The molecule has 10 heteroatoms. The van der Waals surface area contributed by atoms with Crippen molar-refractivity contribution in [1.82, 2.24) is 29.6 Å². The highest BCUT2D eigenvalue weighted by Crippen LogP contribution is 2.38. The number of likely N-dealkylation sites (tertiary alicyclic amines) is 1. The minimum absolute atomic E-state index is 0.189. The number of hydrogen-bond donors (Lipinski definition) is 1. The topological polar surface area (TPSA) is 88.5 Å². The first-order valence-corrected chi connectivity index (χ1v) is 18.2. The van der Waals surface area contributed by atoms with Gasteiger partial charge >= 0.3 is 6.01 Å². The molecule has 3 aromatic carbocycles. The second-order valence-electron chi connectivity index (χ2n) is 14.7. The predicted octanol–water partition coefficient (Wildman–Crippen LogP) is 4.84. The number of rotatable bonds is 9. The fourth-order valence-corrected chi connectivity index (χ4v) is 8.60. The lowest BCUT2D eigenvalue weighted by molar-refractivity contribution is -0.134. The number of aromatic hydroxyl groups is 1. The van der Waals surface area contributed by atoms with Crippen molar-refractivity contribution in [3.8, 4) is 22.9 Å². The monoisotopic (exact) mass is 663 g/mol. The van der Waals surface area contributed by atoms with Crippen molar-refractivity contribution >= 4 is 33.4 Å². The van der Waals surface area contributed by atoms with Crippen LogP contribution in [0.15, 0.2) is 54.6 Å². The molecule has 1 aromatic heterocycles. The number of phenols is 1. The first-order valence-electron chi connectivity index (χ1n) is 18.2. The number of amides is 1. The highest BCUT2D eigenvalue weighted by atomic mass is 16.5. The Labute approximate surface area is 289 Å². The number of fused-ring (bicyclic) bond motifs is 4. The zero-order chi connectivity index (χ0) is 33.5. The van der Waals surface area contributed by atoms with Crippen molar-refractivity contribution in [2.24, 2.45) is 0 Å². The number of likely N-dealkylation sites (N-methyl/N-ethyl adjacent to an activating group) is 2. The molecular formula is C39H49N7O3. The van der Waals surface area contributed by atoms with Gasteiger partial charge in [-0.2, -0.15) is 9.97 Å². The van der Waals surface area contributed by atoms with Crippen LogP contribution in [0.25, 0.3) is 32.8 Å².